The predicted molar refractivity (Wildman–Crippen MR) is 90.8 cm³/mol. The minimum atomic E-state index is -0.244. The van der Waals surface area contributed by atoms with Gasteiger partial charge in [0.1, 0.15) is 0 Å². The van der Waals surface area contributed by atoms with Crippen LogP contribution in [-0.2, 0) is 4.79 Å². The molecule has 1 aliphatic rings. The van der Waals surface area contributed by atoms with Gasteiger partial charge in [-0.25, -0.2) is 0 Å². The number of nitrogens with one attached hydrogen (secondary N) is 2. The van der Waals surface area contributed by atoms with Crippen molar-refractivity contribution < 1.29 is 9.59 Å². The zero-order chi connectivity index (χ0) is 16.1. The lowest BCUT2D eigenvalue weighted by atomic mass is 9.98. The van der Waals surface area contributed by atoms with E-state index in [4.69, 9.17) is 12.2 Å². The number of amides is 2. The molecule has 1 aromatic carbocycles. The normalized spacial score (nSPS) is 15.3. The lowest BCUT2D eigenvalue weighted by Crippen LogP contribution is -2.38. The van der Waals surface area contributed by atoms with Crippen molar-refractivity contribution in [2.75, 3.05) is 18.4 Å². The van der Waals surface area contributed by atoms with Crippen molar-refractivity contribution in [1.29, 1.82) is 0 Å². The molecule has 0 radical (unpaired) electrons. The number of carbonyl (C=O) groups excluding carboxylic acids is 2. The summed E-state index contributed by atoms with van der Waals surface area (Å²) in [4.78, 5) is 25.6. The highest BCUT2D eigenvalue weighted by atomic mass is 32.1. The van der Waals surface area contributed by atoms with Crippen LogP contribution in [0.5, 0.6) is 0 Å². The van der Waals surface area contributed by atoms with Gasteiger partial charge in [-0.1, -0.05) is 19.1 Å². The van der Waals surface area contributed by atoms with E-state index in [0.29, 0.717) is 17.2 Å². The molecule has 0 spiro atoms. The number of carbonyl (C=O) groups is 2. The van der Waals surface area contributed by atoms with Crippen molar-refractivity contribution in [2.24, 2.45) is 5.92 Å². The number of thiocarbonyl (C=S) groups is 1. The Morgan fingerprint density at radius 1 is 1.23 bits per heavy atom. The fourth-order valence-electron chi connectivity index (χ4n) is 2.47. The topological polar surface area (TPSA) is 61.4 Å². The molecule has 22 heavy (non-hydrogen) atoms. The molecule has 2 amide bonds. The number of para-hydroxylation sites is 1. The van der Waals surface area contributed by atoms with Gasteiger partial charge < -0.3 is 15.5 Å². The van der Waals surface area contributed by atoms with Gasteiger partial charge in [0.15, 0.2) is 5.11 Å². The molecular weight excluding hydrogens is 298 g/mol. The van der Waals surface area contributed by atoms with Crippen LogP contribution in [0.25, 0.3) is 0 Å². The Hall–Kier alpha value is -1.95. The van der Waals surface area contributed by atoms with Crippen LogP contribution in [0, 0.1) is 5.92 Å². The Balaban J connectivity index is 2.12. The number of nitrogens with zero attached hydrogens (tertiary/aromatic N) is 1. The van der Waals surface area contributed by atoms with Crippen molar-refractivity contribution in [1.82, 2.24) is 10.2 Å². The van der Waals surface area contributed by atoms with Crippen LogP contribution in [0.3, 0.4) is 0 Å². The average Bonchev–Trinajstić information content (AvgIpc) is 2.47. The summed E-state index contributed by atoms with van der Waals surface area (Å²) in [7, 11) is 0. The SMILES string of the molecule is CC(=O)NC(=S)Nc1ccccc1C(=O)N1CCC(C)CC1. The molecule has 6 heteroatoms. The quantitative estimate of drug-likeness (QED) is 0.822. The number of benzene rings is 1. The molecule has 118 valence electrons. The summed E-state index contributed by atoms with van der Waals surface area (Å²) < 4.78 is 0. The Kier molecular flexibility index (Phi) is 5.49. The maximum atomic E-state index is 12.7. The maximum absolute atomic E-state index is 12.7. The monoisotopic (exact) mass is 319 g/mol. The van der Waals surface area contributed by atoms with Crippen LogP contribution in [0.1, 0.15) is 37.0 Å². The fraction of sp³-hybridized carbons (Fsp3) is 0.438. The van der Waals surface area contributed by atoms with Crippen molar-refractivity contribution in [2.45, 2.75) is 26.7 Å². The van der Waals surface area contributed by atoms with Crippen LogP contribution in [-0.4, -0.2) is 34.9 Å². The summed E-state index contributed by atoms with van der Waals surface area (Å²) in [6.07, 6.45) is 2.07. The van der Waals surface area contributed by atoms with Gasteiger partial charge in [0.25, 0.3) is 5.91 Å². The van der Waals surface area contributed by atoms with Gasteiger partial charge in [0.2, 0.25) is 5.91 Å². The van der Waals surface area contributed by atoms with Gasteiger partial charge in [-0.2, -0.15) is 0 Å². The van der Waals surface area contributed by atoms with Crippen LogP contribution >= 0.6 is 12.2 Å². The van der Waals surface area contributed by atoms with Crippen molar-refractivity contribution in [3.63, 3.8) is 0 Å². The number of hydrogen-bond donors (Lipinski definition) is 2. The molecule has 0 unspecified atom stereocenters. The summed E-state index contributed by atoms with van der Waals surface area (Å²) in [5.74, 6) is 0.428. The summed E-state index contributed by atoms with van der Waals surface area (Å²) >= 11 is 5.06. The van der Waals surface area contributed by atoms with Crippen LogP contribution in [0.15, 0.2) is 24.3 Å². The minimum absolute atomic E-state index is 0.000579. The van der Waals surface area contributed by atoms with Crippen molar-refractivity contribution >= 4 is 34.8 Å². The number of rotatable bonds is 2. The van der Waals surface area contributed by atoms with Gasteiger partial charge in [-0.3, -0.25) is 9.59 Å². The van der Waals surface area contributed by atoms with Gasteiger partial charge in [-0.15, -0.1) is 0 Å². The number of hydrogen-bond acceptors (Lipinski definition) is 3. The van der Waals surface area contributed by atoms with E-state index in [1.807, 2.05) is 17.0 Å². The molecular formula is C16H21N3O2S. The Morgan fingerprint density at radius 3 is 2.50 bits per heavy atom. The van der Waals surface area contributed by atoms with E-state index in [9.17, 15) is 9.59 Å². The smallest absolute Gasteiger partial charge is 0.255 e. The Bertz CT molecular complexity index is 581. The Morgan fingerprint density at radius 2 is 1.86 bits per heavy atom. The number of piperidine rings is 1. The molecule has 0 aliphatic carbocycles. The first-order valence-corrected chi connectivity index (χ1v) is 7.85. The molecule has 0 bridgehead atoms. The molecule has 0 aromatic heterocycles. The van der Waals surface area contributed by atoms with Crippen LogP contribution in [0.2, 0.25) is 0 Å². The summed E-state index contributed by atoms with van der Waals surface area (Å²) in [5, 5.41) is 5.62. The zero-order valence-electron chi connectivity index (χ0n) is 12.9. The first-order chi connectivity index (χ1) is 10.5. The van der Waals surface area contributed by atoms with E-state index in [2.05, 4.69) is 17.6 Å². The average molecular weight is 319 g/mol. The molecule has 0 atom stereocenters. The molecule has 0 saturated carbocycles. The van der Waals surface area contributed by atoms with Gasteiger partial charge in [0, 0.05) is 20.0 Å². The second-order valence-corrected chi connectivity index (χ2v) is 6.06. The number of likely N-dealkylation sites (tertiary alicyclic amines) is 1. The molecule has 1 aliphatic heterocycles. The van der Waals surface area contributed by atoms with Gasteiger partial charge >= 0.3 is 0 Å². The van der Waals surface area contributed by atoms with E-state index in [1.165, 1.54) is 6.92 Å². The highest BCUT2D eigenvalue weighted by Gasteiger charge is 2.23. The lowest BCUT2D eigenvalue weighted by molar-refractivity contribution is -0.117. The van der Waals surface area contributed by atoms with E-state index in [0.717, 1.165) is 25.9 Å². The fourth-order valence-corrected chi connectivity index (χ4v) is 2.73. The van der Waals surface area contributed by atoms with E-state index in [1.54, 1.807) is 12.1 Å². The third-order valence-corrected chi connectivity index (χ3v) is 3.97. The van der Waals surface area contributed by atoms with Gasteiger partial charge in [-0.05, 0) is 43.1 Å². The summed E-state index contributed by atoms with van der Waals surface area (Å²) in [6.45, 7) is 5.16. The van der Waals surface area contributed by atoms with Crippen molar-refractivity contribution in [3.05, 3.63) is 29.8 Å². The third-order valence-electron chi connectivity index (χ3n) is 3.77. The maximum Gasteiger partial charge on any atom is 0.255 e. The molecule has 5 nitrogen and oxygen atoms in total. The lowest BCUT2D eigenvalue weighted by Gasteiger charge is -2.30. The molecule has 2 rings (SSSR count). The molecule has 1 saturated heterocycles. The predicted octanol–water partition coefficient (Wildman–Crippen LogP) is 2.39. The van der Waals surface area contributed by atoms with Gasteiger partial charge in [0.05, 0.1) is 11.3 Å². The summed E-state index contributed by atoms with van der Waals surface area (Å²) in [6, 6.07) is 7.22. The second-order valence-electron chi connectivity index (χ2n) is 5.66. The third kappa shape index (κ3) is 4.27. The first-order valence-electron chi connectivity index (χ1n) is 7.44. The highest BCUT2D eigenvalue weighted by molar-refractivity contribution is 7.80. The number of anilines is 1. The van der Waals surface area contributed by atoms with E-state index in [-0.39, 0.29) is 16.9 Å². The second kappa shape index (κ2) is 7.35. The Labute approximate surface area is 136 Å². The van der Waals surface area contributed by atoms with Crippen molar-refractivity contribution in [3.8, 4) is 0 Å². The van der Waals surface area contributed by atoms with Crippen LogP contribution < -0.4 is 10.6 Å². The standard InChI is InChI=1S/C16H21N3O2S/c1-11-7-9-19(10-8-11)15(21)13-5-3-4-6-14(13)18-16(22)17-12(2)20/h3-6,11H,7-10H2,1-2H3,(H2,17,18,20,22). The zero-order valence-corrected chi connectivity index (χ0v) is 13.7. The highest BCUT2D eigenvalue weighted by Crippen LogP contribution is 2.22. The molecule has 1 aromatic rings. The van der Waals surface area contributed by atoms with E-state index < -0.39 is 0 Å². The largest absolute Gasteiger partial charge is 0.339 e. The first kappa shape index (κ1) is 16.4. The van der Waals surface area contributed by atoms with Crippen LogP contribution in [0.4, 0.5) is 5.69 Å². The summed E-state index contributed by atoms with van der Waals surface area (Å²) in [5.41, 5.74) is 1.19. The molecule has 1 fully saturated rings. The molecule has 2 N–H and O–H groups in total. The molecule has 1 heterocycles. The minimum Gasteiger partial charge on any atom is -0.339 e. The van der Waals surface area contributed by atoms with E-state index >= 15 is 0 Å².